The number of hydrogen-bond acceptors (Lipinski definition) is 19. The molecule has 22 heteroatoms. The zero-order valence-corrected chi connectivity index (χ0v) is 38.3. The summed E-state index contributed by atoms with van der Waals surface area (Å²) in [5, 5.41) is 77.4. The van der Waals surface area contributed by atoms with Crippen molar-refractivity contribution in [3.05, 3.63) is 12.2 Å². The molecule has 2 amide bonds. The van der Waals surface area contributed by atoms with E-state index in [4.69, 9.17) is 28.4 Å². The van der Waals surface area contributed by atoms with Gasteiger partial charge in [-0.15, -0.1) is 0 Å². The van der Waals surface area contributed by atoms with E-state index in [1.165, 1.54) is 6.92 Å². The van der Waals surface area contributed by atoms with Crippen LogP contribution in [-0.4, -0.2) is 196 Å². The minimum absolute atomic E-state index is 0.0651. The van der Waals surface area contributed by atoms with E-state index in [2.05, 4.69) is 17.6 Å². The lowest BCUT2D eigenvalue weighted by molar-refractivity contribution is -0.883. The highest BCUT2D eigenvalue weighted by atomic mass is 16.7. The van der Waals surface area contributed by atoms with Crippen LogP contribution in [-0.2, 0) is 57.2 Å². The second-order valence-electron chi connectivity index (χ2n) is 17.2. The van der Waals surface area contributed by atoms with Gasteiger partial charge >= 0.3 is 23.9 Å². The maximum Gasteiger partial charge on any atom is 0.362 e. The number of likely N-dealkylation sites (N-methyl/N-ethyl adjacent to an activating group) is 1. The Kier molecular flexibility index (Phi) is 26.4. The van der Waals surface area contributed by atoms with Gasteiger partial charge < -0.3 is 79.3 Å². The summed E-state index contributed by atoms with van der Waals surface area (Å²) in [4.78, 5) is 73.1. The van der Waals surface area contributed by atoms with E-state index in [1.807, 2.05) is 26.2 Å². The molecule has 0 aromatic heterocycles. The number of aliphatic hydroxyl groups is 7. The number of nitrogens with zero attached hydrogens (tertiary/aromatic N) is 1. The molecule has 0 radical (unpaired) electrons. The number of quaternary nitrogens is 1. The van der Waals surface area contributed by atoms with Crippen LogP contribution in [0.2, 0.25) is 0 Å². The molecule has 2 aliphatic rings. The molecule has 0 saturated carbocycles. The van der Waals surface area contributed by atoms with E-state index in [0.29, 0.717) is 32.2 Å². The molecule has 2 saturated heterocycles. The summed E-state index contributed by atoms with van der Waals surface area (Å²) in [6.07, 6.45) is -3.94. The summed E-state index contributed by atoms with van der Waals surface area (Å²) in [5.41, 5.74) is 0. The summed E-state index contributed by atoms with van der Waals surface area (Å²) < 4.78 is 32.3. The summed E-state index contributed by atoms with van der Waals surface area (Å²) in [7, 11) is 3.67. The molecule has 0 bridgehead atoms. The van der Waals surface area contributed by atoms with Gasteiger partial charge in [-0.05, 0) is 38.5 Å². The molecule has 374 valence electrons. The molecule has 0 aromatic rings. The first-order chi connectivity index (χ1) is 30.7. The first kappa shape index (κ1) is 57.4. The Morgan fingerprint density at radius 1 is 0.769 bits per heavy atom. The van der Waals surface area contributed by atoms with Crippen molar-refractivity contribution in [2.24, 2.45) is 0 Å². The molecule has 2 aliphatic heterocycles. The molecular formula is C43H74N3O19+. The largest absolute Gasteiger partial charge is 0.460 e. The van der Waals surface area contributed by atoms with Crippen LogP contribution in [0.4, 0.5) is 0 Å². The molecular weight excluding hydrogens is 862 g/mol. The molecule has 0 aromatic carbocycles. The van der Waals surface area contributed by atoms with E-state index in [9.17, 15) is 64.5 Å². The first-order valence-corrected chi connectivity index (χ1v) is 22.4. The van der Waals surface area contributed by atoms with Gasteiger partial charge in [0.1, 0.15) is 74.4 Å². The molecule has 2 rings (SSSR count). The van der Waals surface area contributed by atoms with E-state index < -0.39 is 123 Å². The average Bonchev–Trinajstić information content (AvgIpc) is 3.22. The Bertz CT molecular complexity index is 1520. The van der Waals surface area contributed by atoms with Crippen LogP contribution in [0, 0.1) is 0 Å². The average molecular weight is 937 g/mol. The van der Waals surface area contributed by atoms with Crippen LogP contribution in [0.5, 0.6) is 0 Å². The van der Waals surface area contributed by atoms with Gasteiger partial charge in [0.15, 0.2) is 19.1 Å². The van der Waals surface area contributed by atoms with E-state index in [1.54, 1.807) is 0 Å². The van der Waals surface area contributed by atoms with Crippen LogP contribution >= 0.6 is 0 Å². The monoisotopic (exact) mass is 936 g/mol. The standard InChI is InChI=1S/C43H73N3O19/c1-6-7-14-18-29(61-35(55)23-46(4,5)20-21-60-27(3)50)28(51)17-15-12-10-8-9-11-13-16-19-33(53)64-34(54)22-32(52)45-36-40(58)41(31(25-48)62-42(36)59)65-43-37(44-26(2)49)39(57)38(56)30(24-47)63-43/h12,15,28-31,36-43,47-48,51,56-59H,6-11,13-14,16-25H2,1-5H3,(H-,44,45,49,52)/p+1/b15-12-/t28?,29?,30?,31?,36-,37-,38+,39?,40?,41+,42+,43-/m1/s1. The van der Waals surface area contributed by atoms with E-state index >= 15 is 0 Å². The number of esters is 4. The Morgan fingerprint density at radius 2 is 1.45 bits per heavy atom. The molecule has 2 fully saturated rings. The molecule has 6 unspecified atom stereocenters. The van der Waals surface area contributed by atoms with Gasteiger partial charge in [0.25, 0.3) is 0 Å². The smallest absolute Gasteiger partial charge is 0.362 e. The third-order valence-electron chi connectivity index (χ3n) is 10.9. The maximum atomic E-state index is 12.8. The third kappa shape index (κ3) is 21.2. The fourth-order valence-electron chi connectivity index (χ4n) is 7.29. The Morgan fingerprint density at radius 3 is 2.09 bits per heavy atom. The molecule has 9 N–H and O–H groups in total. The summed E-state index contributed by atoms with van der Waals surface area (Å²) >= 11 is 0. The lowest BCUT2D eigenvalue weighted by atomic mass is 9.94. The molecule has 2 heterocycles. The van der Waals surface area contributed by atoms with Crippen molar-refractivity contribution >= 4 is 35.7 Å². The van der Waals surface area contributed by atoms with Gasteiger partial charge in [0, 0.05) is 20.3 Å². The number of rotatable bonds is 29. The van der Waals surface area contributed by atoms with Gasteiger partial charge in [-0.3, -0.25) is 24.0 Å². The lowest BCUT2D eigenvalue weighted by Gasteiger charge is -2.47. The third-order valence-corrected chi connectivity index (χ3v) is 10.9. The SMILES string of the molecule is CCCCCC(OC(=O)C[N+](C)(C)CCOC(C)=O)C(O)C/C=C\CCCCCCCC(=O)OC(=O)CC(=O)N[C@@H]1C(O)[C@@H](O[C@H]2OC(CO)[C@H](O)C(O)[C@H]2NC(C)=O)C(CO)O[C@@H]1O. The van der Waals surface area contributed by atoms with Gasteiger partial charge in [0.05, 0.1) is 33.4 Å². The van der Waals surface area contributed by atoms with Crippen molar-refractivity contribution in [1.82, 2.24) is 10.6 Å². The summed E-state index contributed by atoms with van der Waals surface area (Å²) in [6.45, 7) is 3.59. The summed E-state index contributed by atoms with van der Waals surface area (Å²) in [6, 6.07) is -3.09. The van der Waals surface area contributed by atoms with Crippen LogP contribution < -0.4 is 10.6 Å². The van der Waals surface area contributed by atoms with Gasteiger partial charge in [-0.2, -0.15) is 0 Å². The normalized spacial score (nSPS) is 26.8. The van der Waals surface area contributed by atoms with Gasteiger partial charge in [-0.25, -0.2) is 4.79 Å². The lowest BCUT2D eigenvalue weighted by Crippen LogP contribution is -2.69. The van der Waals surface area contributed by atoms with Crippen molar-refractivity contribution in [3.63, 3.8) is 0 Å². The second-order valence-corrected chi connectivity index (χ2v) is 17.2. The quantitative estimate of drug-likeness (QED) is 0.0103. The van der Waals surface area contributed by atoms with Crippen LogP contribution in [0.15, 0.2) is 12.2 Å². The Hall–Kier alpha value is -3.68. The van der Waals surface area contributed by atoms with Crippen LogP contribution in [0.1, 0.15) is 104 Å². The highest BCUT2D eigenvalue weighted by Crippen LogP contribution is 2.29. The predicted octanol–water partition coefficient (Wildman–Crippen LogP) is -1.50. The fourth-order valence-corrected chi connectivity index (χ4v) is 7.29. The number of allylic oxidation sites excluding steroid dienone is 1. The number of unbranched alkanes of at least 4 members (excludes halogenated alkanes) is 7. The van der Waals surface area contributed by atoms with Gasteiger partial charge in [-0.1, -0.05) is 51.2 Å². The highest BCUT2D eigenvalue weighted by Gasteiger charge is 2.51. The zero-order chi connectivity index (χ0) is 48.7. The molecule has 0 spiro atoms. The van der Waals surface area contributed by atoms with Crippen LogP contribution in [0.3, 0.4) is 0 Å². The Labute approximate surface area is 380 Å². The number of ether oxygens (including phenoxy) is 6. The number of carbonyl (C=O) groups excluding carboxylic acids is 6. The highest BCUT2D eigenvalue weighted by molar-refractivity contribution is 5.98. The number of hydrogen-bond donors (Lipinski definition) is 9. The first-order valence-electron chi connectivity index (χ1n) is 22.4. The molecule has 65 heavy (non-hydrogen) atoms. The van der Waals surface area contributed by atoms with Crippen molar-refractivity contribution in [1.29, 1.82) is 0 Å². The van der Waals surface area contributed by atoms with Crippen molar-refractivity contribution in [2.45, 2.75) is 178 Å². The number of amides is 2. The number of aliphatic hydroxyl groups excluding tert-OH is 7. The van der Waals surface area contributed by atoms with Crippen molar-refractivity contribution in [2.75, 3.05) is 47.0 Å². The topological polar surface area (TPSA) is 323 Å². The van der Waals surface area contributed by atoms with Crippen molar-refractivity contribution < 1.29 is 97.4 Å². The summed E-state index contributed by atoms with van der Waals surface area (Å²) in [5.74, 6) is -4.58. The number of nitrogens with one attached hydrogen (secondary N) is 2. The minimum atomic E-state index is -1.92. The molecule has 22 nitrogen and oxygen atoms in total. The molecule has 0 aliphatic carbocycles. The fraction of sp³-hybridized carbons (Fsp3) is 0.814. The minimum Gasteiger partial charge on any atom is -0.460 e. The zero-order valence-electron chi connectivity index (χ0n) is 38.3. The van der Waals surface area contributed by atoms with Crippen molar-refractivity contribution in [3.8, 4) is 0 Å². The van der Waals surface area contributed by atoms with Gasteiger partial charge in [0.2, 0.25) is 11.8 Å². The second kappa shape index (κ2) is 29.9. The van der Waals surface area contributed by atoms with Crippen LogP contribution in [0.25, 0.3) is 0 Å². The van der Waals surface area contributed by atoms with E-state index in [-0.39, 0.29) is 30.0 Å². The predicted molar refractivity (Wildman–Crippen MR) is 226 cm³/mol. The molecule has 12 atom stereocenters. The van der Waals surface area contributed by atoms with E-state index in [0.717, 1.165) is 51.9 Å². The number of carbonyl (C=O) groups is 6. The Balaban J connectivity index is 1.74. The maximum absolute atomic E-state index is 12.8.